The van der Waals surface area contributed by atoms with Crippen molar-refractivity contribution >= 4 is 11.6 Å². The van der Waals surface area contributed by atoms with E-state index in [1.807, 2.05) is 54.2 Å². The van der Waals surface area contributed by atoms with Gasteiger partial charge >= 0.3 is 0 Å². The van der Waals surface area contributed by atoms with E-state index in [4.69, 9.17) is 25.8 Å². The molecule has 0 radical (unpaired) electrons. The van der Waals surface area contributed by atoms with Crippen LogP contribution < -0.4 is 9.47 Å². The van der Waals surface area contributed by atoms with Crippen molar-refractivity contribution in [3.05, 3.63) is 76.6 Å². The lowest BCUT2D eigenvalue weighted by atomic mass is 9.92. The van der Waals surface area contributed by atoms with Crippen LogP contribution in [0.4, 0.5) is 0 Å². The van der Waals surface area contributed by atoms with Crippen molar-refractivity contribution < 1.29 is 14.2 Å². The molecule has 0 fully saturated rings. The Morgan fingerprint density at radius 3 is 2.36 bits per heavy atom. The Bertz CT molecular complexity index is 1020. The first kappa shape index (κ1) is 25.1. The highest BCUT2D eigenvalue weighted by Gasteiger charge is 2.32. The summed E-state index contributed by atoms with van der Waals surface area (Å²) in [6.07, 6.45) is 3.66. The third-order valence-electron chi connectivity index (χ3n) is 6.01. The molecule has 0 aliphatic heterocycles. The predicted octanol–water partition coefficient (Wildman–Crippen LogP) is 4.94. The SMILES string of the molecule is COc1ccc(CCN(C)CCCOC(C)(c2ccc(Cl)cc2)c2ccnn2C)cc1OC. The van der Waals surface area contributed by atoms with E-state index in [1.165, 1.54) is 5.56 Å². The molecule has 0 spiro atoms. The van der Waals surface area contributed by atoms with Crippen LogP contribution in [0.5, 0.6) is 11.5 Å². The van der Waals surface area contributed by atoms with E-state index in [-0.39, 0.29) is 0 Å². The standard InChI is InChI=1S/C26H34ClN3O3/c1-26(25-13-15-28-30(25)3,21-8-10-22(27)11-9-21)33-18-6-16-29(2)17-14-20-7-12-23(31-4)24(19-20)32-5/h7-13,15,19H,6,14,16-18H2,1-5H3. The van der Waals surface area contributed by atoms with Crippen LogP contribution >= 0.6 is 11.6 Å². The largest absolute Gasteiger partial charge is 0.493 e. The maximum absolute atomic E-state index is 6.49. The van der Waals surface area contributed by atoms with E-state index in [2.05, 4.69) is 30.0 Å². The Hall–Kier alpha value is -2.54. The fourth-order valence-corrected chi connectivity index (χ4v) is 4.12. The molecule has 7 heteroatoms. The number of rotatable bonds is 12. The van der Waals surface area contributed by atoms with Gasteiger partial charge in [-0.25, -0.2) is 0 Å². The number of aromatic nitrogens is 2. The van der Waals surface area contributed by atoms with Crippen molar-refractivity contribution in [3.8, 4) is 11.5 Å². The van der Waals surface area contributed by atoms with Gasteiger partial charge in [-0.15, -0.1) is 0 Å². The molecule has 0 bridgehead atoms. The maximum atomic E-state index is 6.49. The second-order valence-corrected chi connectivity index (χ2v) is 8.76. The highest BCUT2D eigenvalue weighted by atomic mass is 35.5. The van der Waals surface area contributed by atoms with Gasteiger partial charge in [0, 0.05) is 38.0 Å². The lowest BCUT2D eigenvalue weighted by Crippen LogP contribution is -2.32. The molecular formula is C26H34ClN3O3. The van der Waals surface area contributed by atoms with Crippen LogP contribution in [0.3, 0.4) is 0 Å². The van der Waals surface area contributed by atoms with Crippen molar-refractivity contribution in [3.63, 3.8) is 0 Å². The second kappa shape index (κ2) is 11.5. The maximum Gasteiger partial charge on any atom is 0.160 e. The molecule has 1 aromatic heterocycles. The topological polar surface area (TPSA) is 48.8 Å². The van der Waals surface area contributed by atoms with Crippen LogP contribution in [0.25, 0.3) is 0 Å². The average Bonchev–Trinajstić information content (AvgIpc) is 3.27. The highest BCUT2D eigenvalue weighted by molar-refractivity contribution is 6.30. The van der Waals surface area contributed by atoms with Gasteiger partial charge in [0.2, 0.25) is 0 Å². The van der Waals surface area contributed by atoms with E-state index in [0.717, 1.165) is 48.7 Å². The zero-order valence-electron chi connectivity index (χ0n) is 20.2. The molecule has 6 nitrogen and oxygen atoms in total. The summed E-state index contributed by atoms with van der Waals surface area (Å²) in [5.74, 6) is 1.52. The molecule has 2 aromatic carbocycles. The lowest BCUT2D eigenvalue weighted by molar-refractivity contribution is -0.0131. The van der Waals surface area contributed by atoms with E-state index < -0.39 is 5.60 Å². The van der Waals surface area contributed by atoms with Gasteiger partial charge in [0.1, 0.15) is 5.60 Å². The van der Waals surface area contributed by atoms with E-state index in [1.54, 1.807) is 20.4 Å². The third kappa shape index (κ3) is 6.28. The summed E-state index contributed by atoms with van der Waals surface area (Å²) in [5, 5.41) is 5.05. The van der Waals surface area contributed by atoms with E-state index in [0.29, 0.717) is 11.6 Å². The third-order valence-corrected chi connectivity index (χ3v) is 6.26. The van der Waals surface area contributed by atoms with Gasteiger partial charge < -0.3 is 19.1 Å². The summed E-state index contributed by atoms with van der Waals surface area (Å²) in [4.78, 5) is 2.32. The van der Waals surface area contributed by atoms with Crippen molar-refractivity contribution in [1.29, 1.82) is 0 Å². The smallest absolute Gasteiger partial charge is 0.160 e. The highest BCUT2D eigenvalue weighted by Crippen LogP contribution is 2.34. The van der Waals surface area contributed by atoms with Crippen LogP contribution in [0, 0.1) is 0 Å². The molecule has 33 heavy (non-hydrogen) atoms. The molecule has 0 aliphatic rings. The molecule has 0 saturated heterocycles. The molecule has 1 unspecified atom stereocenters. The Morgan fingerprint density at radius 1 is 1.00 bits per heavy atom. The minimum atomic E-state index is -0.603. The molecule has 3 rings (SSSR count). The number of aryl methyl sites for hydroxylation is 1. The zero-order valence-corrected chi connectivity index (χ0v) is 20.9. The number of nitrogens with zero attached hydrogens (tertiary/aromatic N) is 3. The molecule has 178 valence electrons. The van der Waals surface area contributed by atoms with Gasteiger partial charge in [-0.3, -0.25) is 4.68 Å². The quantitative estimate of drug-likeness (QED) is 0.350. The monoisotopic (exact) mass is 471 g/mol. The molecule has 0 N–H and O–H groups in total. The van der Waals surface area contributed by atoms with Gasteiger partial charge in [-0.1, -0.05) is 29.8 Å². The summed E-state index contributed by atoms with van der Waals surface area (Å²) in [6.45, 7) is 4.61. The number of halogens is 1. The van der Waals surface area contributed by atoms with Crippen molar-refractivity contribution in [2.24, 2.45) is 7.05 Å². The molecule has 0 amide bonds. The number of methoxy groups -OCH3 is 2. The molecule has 3 aromatic rings. The summed E-state index contributed by atoms with van der Waals surface area (Å²) in [5.41, 5.74) is 2.68. The molecular weight excluding hydrogens is 438 g/mol. The van der Waals surface area contributed by atoms with Crippen LogP contribution in [-0.4, -0.2) is 55.6 Å². The first-order chi connectivity index (χ1) is 15.9. The normalized spacial score (nSPS) is 13.2. The Balaban J connectivity index is 1.54. The average molecular weight is 472 g/mol. The Morgan fingerprint density at radius 2 is 1.73 bits per heavy atom. The second-order valence-electron chi connectivity index (χ2n) is 8.32. The van der Waals surface area contributed by atoms with Crippen molar-refractivity contribution in [1.82, 2.24) is 14.7 Å². The summed E-state index contributed by atoms with van der Waals surface area (Å²) < 4.78 is 19.1. The van der Waals surface area contributed by atoms with E-state index >= 15 is 0 Å². The van der Waals surface area contributed by atoms with Crippen LogP contribution in [-0.2, 0) is 23.8 Å². The number of hydrogen-bond acceptors (Lipinski definition) is 5. The predicted molar refractivity (Wildman–Crippen MR) is 132 cm³/mol. The molecule has 1 atom stereocenters. The van der Waals surface area contributed by atoms with Gasteiger partial charge in [-0.05, 0) is 68.3 Å². The van der Waals surface area contributed by atoms with Gasteiger partial charge in [0.05, 0.1) is 19.9 Å². The number of hydrogen-bond donors (Lipinski definition) is 0. The van der Waals surface area contributed by atoms with Crippen LogP contribution in [0.15, 0.2) is 54.7 Å². The molecule has 0 aliphatic carbocycles. The fraction of sp³-hybridized carbons (Fsp3) is 0.423. The summed E-state index contributed by atoms with van der Waals surface area (Å²) in [7, 11) is 7.39. The van der Waals surface area contributed by atoms with E-state index in [9.17, 15) is 0 Å². The molecule has 1 heterocycles. The summed E-state index contributed by atoms with van der Waals surface area (Å²) in [6, 6.07) is 15.9. The van der Waals surface area contributed by atoms with Crippen LogP contribution in [0.2, 0.25) is 5.02 Å². The molecule has 0 saturated carbocycles. The number of benzene rings is 2. The Kier molecular flexibility index (Phi) is 8.78. The first-order valence-corrected chi connectivity index (χ1v) is 11.5. The van der Waals surface area contributed by atoms with Crippen LogP contribution in [0.1, 0.15) is 30.2 Å². The zero-order chi connectivity index (χ0) is 23.8. The number of likely N-dealkylation sites (N-methyl/N-ethyl adjacent to an activating group) is 1. The lowest BCUT2D eigenvalue weighted by Gasteiger charge is -2.31. The minimum absolute atomic E-state index is 0.603. The van der Waals surface area contributed by atoms with Gasteiger partial charge in [0.25, 0.3) is 0 Å². The number of ether oxygens (including phenoxy) is 3. The van der Waals surface area contributed by atoms with Crippen molar-refractivity contribution in [2.75, 3.05) is 41.0 Å². The van der Waals surface area contributed by atoms with Gasteiger partial charge in [0.15, 0.2) is 11.5 Å². The van der Waals surface area contributed by atoms with Crippen molar-refractivity contribution in [2.45, 2.75) is 25.4 Å². The fourth-order valence-electron chi connectivity index (χ4n) is 3.99. The minimum Gasteiger partial charge on any atom is -0.493 e. The first-order valence-electron chi connectivity index (χ1n) is 11.2. The van der Waals surface area contributed by atoms with Gasteiger partial charge in [-0.2, -0.15) is 5.10 Å². The Labute approximate surface area is 202 Å². The summed E-state index contributed by atoms with van der Waals surface area (Å²) >= 11 is 6.11.